The van der Waals surface area contributed by atoms with Gasteiger partial charge in [0.1, 0.15) is 0 Å². The number of halogens is 2. The van der Waals surface area contributed by atoms with Crippen molar-refractivity contribution in [2.24, 2.45) is 0 Å². The number of esters is 1. The average molecular weight is 444 g/mol. The molecule has 9 heteroatoms. The van der Waals surface area contributed by atoms with E-state index in [4.69, 9.17) is 27.9 Å². The normalized spacial score (nSPS) is 12.3. The number of nitrogens with one attached hydrogen (secondary N) is 1. The van der Waals surface area contributed by atoms with Gasteiger partial charge in [0.25, 0.3) is 5.91 Å². The summed E-state index contributed by atoms with van der Waals surface area (Å²) in [4.78, 5) is 24.0. The summed E-state index contributed by atoms with van der Waals surface area (Å²) < 4.78 is 27.5. The van der Waals surface area contributed by atoms with E-state index < -0.39 is 28.3 Å². The molecule has 2 aromatic carbocycles. The van der Waals surface area contributed by atoms with Gasteiger partial charge in [0.15, 0.2) is 16.4 Å². The number of rotatable bonds is 7. The standard InChI is InChI=1S/C19H19Cl2NO5S/c1-12(15-7-8-16(20)17(21)9-15)22-18(23)10-27-19(24)14-5-3-13(4-6-14)11-28(2,25)26/h3-9,12H,10-11H2,1-2H3,(H,22,23). The minimum atomic E-state index is -3.16. The lowest BCUT2D eigenvalue weighted by atomic mass is 10.1. The average Bonchev–Trinajstić information content (AvgIpc) is 2.61. The molecule has 1 amide bonds. The molecule has 1 N–H and O–H groups in total. The summed E-state index contributed by atoms with van der Waals surface area (Å²) >= 11 is 11.8. The van der Waals surface area contributed by atoms with Crippen molar-refractivity contribution >= 4 is 44.9 Å². The summed E-state index contributed by atoms with van der Waals surface area (Å²) in [6, 6.07) is 10.7. The van der Waals surface area contributed by atoms with E-state index >= 15 is 0 Å². The third-order valence-corrected chi connectivity index (χ3v) is 5.37. The zero-order chi connectivity index (χ0) is 20.9. The third-order valence-electron chi connectivity index (χ3n) is 3.77. The highest BCUT2D eigenvalue weighted by Gasteiger charge is 2.14. The molecule has 1 unspecified atom stereocenters. The van der Waals surface area contributed by atoms with Gasteiger partial charge in [-0.3, -0.25) is 4.79 Å². The maximum absolute atomic E-state index is 12.0. The Morgan fingerprint density at radius 3 is 2.29 bits per heavy atom. The van der Waals surface area contributed by atoms with Gasteiger partial charge in [-0.15, -0.1) is 0 Å². The van der Waals surface area contributed by atoms with Crippen LogP contribution in [0.25, 0.3) is 0 Å². The second kappa shape index (κ2) is 9.41. The predicted octanol–water partition coefficient (Wildman–Crippen LogP) is 3.57. The van der Waals surface area contributed by atoms with Crippen molar-refractivity contribution in [3.05, 3.63) is 69.2 Å². The first-order valence-electron chi connectivity index (χ1n) is 8.23. The molecule has 0 aliphatic heterocycles. The summed E-state index contributed by atoms with van der Waals surface area (Å²) in [6.45, 7) is 1.31. The van der Waals surface area contributed by atoms with E-state index in [1.165, 1.54) is 24.3 Å². The zero-order valence-electron chi connectivity index (χ0n) is 15.2. The molecule has 2 aromatic rings. The summed E-state index contributed by atoms with van der Waals surface area (Å²) in [5.74, 6) is -1.26. The molecule has 2 rings (SSSR count). The summed E-state index contributed by atoms with van der Waals surface area (Å²) in [6.07, 6.45) is 1.13. The summed E-state index contributed by atoms with van der Waals surface area (Å²) in [5.41, 5.74) is 1.55. The Hall–Kier alpha value is -2.09. The van der Waals surface area contributed by atoms with Crippen molar-refractivity contribution in [2.45, 2.75) is 18.7 Å². The first-order chi connectivity index (χ1) is 13.0. The van der Waals surface area contributed by atoms with Crippen LogP contribution in [0.15, 0.2) is 42.5 Å². The number of amides is 1. The predicted molar refractivity (Wildman–Crippen MR) is 108 cm³/mol. The quantitative estimate of drug-likeness (QED) is 0.660. The Balaban J connectivity index is 1.87. The molecule has 6 nitrogen and oxygen atoms in total. The maximum Gasteiger partial charge on any atom is 0.338 e. The molecule has 0 saturated carbocycles. The SMILES string of the molecule is CC(NC(=O)COC(=O)c1ccc(CS(C)(=O)=O)cc1)c1ccc(Cl)c(Cl)c1. The van der Waals surface area contributed by atoms with Crippen LogP contribution in [0.2, 0.25) is 10.0 Å². The minimum Gasteiger partial charge on any atom is -0.452 e. The smallest absolute Gasteiger partial charge is 0.338 e. The lowest BCUT2D eigenvalue weighted by Crippen LogP contribution is -2.31. The lowest BCUT2D eigenvalue weighted by molar-refractivity contribution is -0.124. The Kier molecular flexibility index (Phi) is 7.46. The van der Waals surface area contributed by atoms with E-state index in [9.17, 15) is 18.0 Å². The number of sulfone groups is 1. The number of ether oxygens (including phenoxy) is 1. The highest BCUT2D eigenvalue weighted by molar-refractivity contribution is 7.89. The molecule has 0 fully saturated rings. The number of hydrogen-bond donors (Lipinski definition) is 1. The van der Waals surface area contributed by atoms with Crippen LogP contribution in [0.1, 0.15) is 34.5 Å². The fourth-order valence-corrected chi connectivity index (χ4v) is 3.51. The second-order valence-corrected chi connectivity index (χ2v) is 9.26. The van der Waals surface area contributed by atoms with Gasteiger partial charge >= 0.3 is 5.97 Å². The number of benzene rings is 2. The Morgan fingerprint density at radius 2 is 1.71 bits per heavy atom. The molecular formula is C19H19Cl2NO5S. The van der Waals surface area contributed by atoms with Crippen molar-refractivity contribution in [3.8, 4) is 0 Å². The molecule has 0 bridgehead atoms. The van der Waals surface area contributed by atoms with E-state index in [2.05, 4.69) is 5.32 Å². The minimum absolute atomic E-state index is 0.114. The molecule has 0 radical (unpaired) electrons. The highest BCUT2D eigenvalue weighted by atomic mass is 35.5. The molecule has 0 aliphatic carbocycles. The maximum atomic E-state index is 12.0. The van der Waals surface area contributed by atoms with Crippen LogP contribution < -0.4 is 5.32 Å². The van der Waals surface area contributed by atoms with Crippen LogP contribution in [0, 0.1) is 0 Å². The number of carbonyl (C=O) groups is 2. The molecule has 0 heterocycles. The molecule has 0 aliphatic rings. The monoisotopic (exact) mass is 443 g/mol. The largest absolute Gasteiger partial charge is 0.452 e. The van der Waals surface area contributed by atoms with Gasteiger partial charge in [0.05, 0.1) is 27.4 Å². The Labute approximate surface area is 173 Å². The molecule has 1 atom stereocenters. The van der Waals surface area contributed by atoms with E-state index in [0.717, 1.165) is 11.8 Å². The first-order valence-corrected chi connectivity index (χ1v) is 11.0. The second-order valence-electron chi connectivity index (χ2n) is 6.31. The van der Waals surface area contributed by atoms with Crippen LogP contribution in [0.3, 0.4) is 0 Å². The molecule has 0 saturated heterocycles. The molecule has 150 valence electrons. The van der Waals surface area contributed by atoms with Gasteiger partial charge in [-0.2, -0.15) is 0 Å². The summed E-state index contributed by atoms with van der Waals surface area (Å²) in [5, 5.41) is 3.50. The van der Waals surface area contributed by atoms with Crippen LogP contribution in [0.4, 0.5) is 0 Å². The van der Waals surface area contributed by atoms with Crippen molar-refractivity contribution in [1.29, 1.82) is 0 Å². The highest BCUT2D eigenvalue weighted by Crippen LogP contribution is 2.25. The van der Waals surface area contributed by atoms with Crippen LogP contribution in [-0.4, -0.2) is 33.2 Å². The van der Waals surface area contributed by atoms with E-state index in [0.29, 0.717) is 15.6 Å². The van der Waals surface area contributed by atoms with Crippen molar-refractivity contribution in [2.75, 3.05) is 12.9 Å². The van der Waals surface area contributed by atoms with Crippen LogP contribution >= 0.6 is 23.2 Å². The number of carbonyl (C=O) groups excluding carboxylic acids is 2. The summed E-state index contributed by atoms with van der Waals surface area (Å²) in [7, 11) is -3.16. The van der Waals surface area contributed by atoms with Gasteiger partial charge in [0, 0.05) is 6.26 Å². The zero-order valence-corrected chi connectivity index (χ0v) is 17.6. The van der Waals surface area contributed by atoms with Crippen molar-refractivity contribution in [1.82, 2.24) is 5.32 Å². The van der Waals surface area contributed by atoms with Gasteiger partial charge < -0.3 is 10.1 Å². The first kappa shape index (κ1) is 22.2. The van der Waals surface area contributed by atoms with E-state index in [1.54, 1.807) is 25.1 Å². The fourth-order valence-electron chi connectivity index (χ4n) is 2.40. The van der Waals surface area contributed by atoms with Gasteiger partial charge in [-0.1, -0.05) is 41.4 Å². The van der Waals surface area contributed by atoms with Crippen LogP contribution in [-0.2, 0) is 25.1 Å². The van der Waals surface area contributed by atoms with Gasteiger partial charge in [-0.05, 0) is 42.3 Å². The lowest BCUT2D eigenvalue weighted by Gasteiger charge is -2.15. The topological polar surface area (TPSA) is 89.5 Å². The number of hydrogen-bond acceptors (Lipinski definition) is 5. The Bertz CT molecular complexity index is 974. The molecule has 0 aromatic heterocycles. The van der Waals surface area contributed by atoms with Crippen molar-refractivity contribution in [3.63, 3.8) is 0 Å². The van der Waals surface area contributed by atoms with E-state index in [1.807, 2.05) is 0 Å². The fraction of sp³-hybridized carbons (Fsp3) is 0.263. The molecule has 28 heavy (non-hydrogen) atoms. The van der Waals surface area contributed by atoms with Crippen molar-refractivity contribution < 1.29 is 22.7 Å². The Morgan fingerprint density at radius 1 is 1.07 bits per heavy atom. The van der Waals surface area contributed by atoms with Gasteiger partial charge in [-0.25, -0.2) is 13.2 Å². The molecular weight excluding hydrogens is 425 g/mol. The molecule has 0 spiro atoms. The van der Waals surface area contributed by atoms with Gasteiger partial charge in [0.2, 0.25) is 0 Å². The van der Waals surface area contributed by atoms with Crippen LogP contribution in [0.5, 0.6) is 0 Å². The van der Waals surface area contributed by atoms with E-state index in [-0.39, 0.29) is 17.4 Å². The third kappa shape index (κ3) is 6.82.